The Hall–Kier alpha value is -1.28. The predicted octanol–water partition coefficient (Wildman–Crippen LogP) is 1.54. The molecule has 0 bridgehead atoms. The number of alkyl halides is 3. The van der Waals surface area contributed by atoms with E-state index >= 15 is 0 Å². The van der Waals surface area contributed by atoms with E-state index in [2.05, 4.69) is 0 Å². The van der Waals surface area contributed by atoms with Crippen molar-refractivity contribution in [3.63, 3.8) is 0 Å². The molecule has 8 heteroatoms. The molecule has 0 unspecified atom stereocenters. The number of nitrogens with two attached hydrogens (primary N) is 1. The fraction of sp³-hybridized carbons (Fsp3) is 0.333. The average molecular weight is 268 g/mol. The molecule has 0 aromatic heterocycles. The first-order valence-electron chi connectivity index (χ1n) is 4.51. The number of sulfonamides is 1. The van der Waals surface area contributed by atoms with Gasteiger partial charge in [0.2, 0.25) is 10.0 Å². The highest BCUT2D eigenvalue weighted by Gasteiger charge is 2.33. The number of hydrogen-bond acceptors (Lipinski definition) is 3. The Balaban J connectivity index is 3.23. The van der Waals surface area contributed by atoms with E-state index in [4.69, 9.17) is 5.73 Å². The van der Waals surface area contributed by atoms with Gasteiger partial charge in [0.15, 0.2) is 0 Å². The van der Waals surface area contributed by atoms with Crippen molar-refractivity contribution in [3.8, 4) is 0 Å². The van der Waals surface area contributed by atoms with Crippen molar-refractivity contribution in [2.24, 2.45) is 5.73 Å². The highest BCUT2D eigenvalue weighted by atomic mass is 32.2. The number of hydrogen-bond donors (Lipinski definition) is 2. The normalized spacial score (nSPS) is 12.5. The summed E-state index contributed by atoms with van der Waals surface area (Å²) in [4.78, 5) is 0. The lowest BCUT2D eigenvalue weighted by atomic mass is 10.1. The molecule has 0 aliphatic rings. The van der Waals surface area contributed by atoms with Gasteiger partial charge < -0.3 is 5.73 Å². The first-order chi connectivity index (χ1) is 7.63. The van der Waals surface area contributed by atoms with Gasteiger partial charge in [0.05, 0.1) is 11.8 Å². The van der Waals surface area contributed by atoms with Gasteiger partial charge in [-0.2, -0.15) is 13.2 Å². The molecule has 0 saturated carbocycles. The Morgan fingerprint density at radius 1 is 1.35 bits per heavy atom. The van der Waals surface area contributed by atoms with Crippen LogP contribution in [0.2, 0.25) is 0 Å². The summed E-state index contributed by atoms with van der Waals surface area (Å²) in [7, 11) is -3.61. The lowest BCUT2D eigenvalue weighted by molar-refractivity contribution is -0.138. The van der Waals surface area contributed by atoms with Crippen LogP contribution in [-0.4, -0.2) is 14.7 Å². The Morgan fingerprint density at radius 2 is 1.94 bits per heavy atom. The van der Waals surface area contributed by atoms with Gasteiger partial charge in [0.1, 0.15) is 0 Å². The third-order valence-corrected chi connectivity index (χ3v) is 2.54. The zero-order valence-corrected chi connectivity index (χ0v) is 9.69. The van der Waals surface area contributed by atoms with Crippen molar-refractivity contribution >= 4 is 15.7 Å². The third-order valence-electron chi connectivity index (χ3n) is 1.94. The second-order valence-corrected chi connectivity index (χ2v) is 5.20. The average Bonchev–Trinajstić information content (AvgIpc) is 2.13. The van der Waals surface area contributed by atoms with Crippen molar-refractivity contribution in [2.45, 2.75) is 12.7 Å². The van der Waals surface area contributed by atoms with Crippen molar-refractivity contribution in [3.05, 3.63) is 29.3 Å². The predicted molar refractivity (Wildman–Crippen MR) is 57.8 cm³/mol. The van der Waals surface area contributed by atoms with E-state index in [1.54, 1.807) is 0 Å². The standard InChI is InChI=1S/C9H11F3N2O2S/c1-17(15,16)14-7-3-2-6(5-13)8(4-7)9(10,11)12/h2-4,14H,5,13H2,1H3. The molecule has 0 aliphatic carbocycles. The molecule has 0 saturated heterocycles. The Bertz CT molecular complexity index is 511. The van der Waals surface area contributed by atoms with Crippen LogP contribution in [0.4, 0.5) is 18.9 Å². The number of halogens is 3. The molecule has 0 atom stereocenters. The summed E-state index contributed by atoms with van der Waals surface area (Å²) in [5, 5.41) is 0. The molecule has 1 aromatic rings. The Kier molecular flexibility index (Phi) is 3.68. The largest absolute Gasteiger partial charge is 0.416 e. The van der Waals surface area contributed by atoms with Gasteiger partial charge in [-0.15, -0.1) is 0 Å². The molecule has 0 spiro atoms. The highest BCUT2D eigenvalue weighted by molar-refractivity contribution is 7.92. The monoisotopic (exact) mass is 268 g/mol. The maximum absolute atomic E-state index is 12.6. The van der Waals surface area contributed by atoms with E-state index in [1.807, 2.05) is 4.72 Å². The van der Waals surface area contributed by atoms with Crippen molar-refractivity contribution in [1.82, 2.24) is 0 Å². The highest BCUT2D eigenvalue weighted by Crippen LogP contribution is 2.33. The molecule has 3 N–H and O–H groups in total. The van der Waals surface area contributed by atoms with Crippen LogP contribution in [0.1, 0.15) is 11.1 Å². The summed E-state index contributed by atoms with van der Waals surface area (Å²) in [6.07, 6.45) is -3.71. The summed E-state index contributed by atoms with van der Waals surface area (Å²) in [6.45, 7) is -0.270. The fourth-order valence-electron chi connectivity index (χ4n) is 1.30. The summed E-state index contributed by atoms with van der Waals surface area (Å²) in [5.41, 5.74) is 4.02. The van der Waals surface area contributed by atoms with Crippen LogP contribution in [0, 0.1) is 0 Å². The van der Waals surface area contributed by atoms with Gasteiger partial charge in [-0.25, -0.2) is 8.42 Å². The van der Waals surface area contributed by atoms with Gasteiger partial charge in [-0.05, 0) is 17.7 Å². The van der Waals surface area contributed by atoms with E-state index in [0.717, 1.165) is 18.4 Å². The van der Waals surface area contributed by atoms with Gasteiger partial charge in [0, 0.05) is 12.2 Å². The molecular weight excluding hydrogens is 257 g/mol. The summed E-state index contributed by atoms with van der Waals surface area (Å²) in [6, 6.07) is 3.11. The Labute approximate surface area is 96.7 Å². The van der Waals surface area contributed by atoms with Gasteiger partial charge in [-0.3, -0.25) is 4.72 Å². The lowest BCUT2D eigenvalue weighted by Crippen LogP contribution is -2.14. The number of nitrogens with one attached hydrogen (secondary N) is 1. The third kappa shape index (κ3) is 3.90. The quantitative estimate of drug-likeness (QED) is 0.873. The smallest absolute Gasteiger partial charge is 0.326 e. The minimum atomic E-state index is -4.57. The van der Waals surface area contributed by atoms with Crippen LogP contribution < -0.4 is 10.5 Å². The van der Waals surface area contributed by atoms with Crippen molar-refractivity contribution in [2.75, 3.05) is 11.0 Å². The molecular formula is C9H11F3N2O2S. The SMILES string of the molecule is CS(=O)(=O)Nc1ccc(CN)c(C(F)(F)F)c1. The molecule has 0 aliphatic heterocycles. The first-order valence-corrected chi connectivity index (χ1v) is 6.40. The van der Waals surface area contributed by atoms with E-state index < -0.39 is 21.8 Å². The second kappa shape index (κ2) is 4.53. The topological polar surface area (TPSA) is 72.2 Å². The summed E-state index contributed by atoms with van der Waals surface area (Å²) >= 11 is 0. The van der Waals surface area contributed by atoms with Gasteiger partial charge >= 0.3 is 6.18 Å². The van der Waals surface area contributed by atoms with E-state index in [9.17, 15) is 21.6 Å². The minimum absolute atomic E-state index is 0.0865. The molecule has 96 valence electrons. The molecule has 0 fully saturated rings. The number of anilines is 1. The van der Waals surface area contributed by atoms with Crippen LogP contribution in [0.3, 0.4) is 0 Å². The zero-order valence-electron chi connectivity index (χ0n) is 8.88. The fourth-order valence-corrected chi connectivity index (χ4v) is 1.85. The second-order valence-electron chi connectivity index (χ2n) is 3.45. The molecule has 0 radical (unpaired) electrons. The maximum Gasteiger partial charge on any atom is 0.416 e. The lowest BCUT2D eigenvalue weighted by Gasteiger charge is -2.13. The summed E-state index contributed by atoms with van der Waals surface area (Å²) in [5.74, 6) is 0. The molecule has 4 nitrogen and oxygen atoms in total. The van der Waals surface area contributed by atoms with Crippen LogP contribution in [0.5, 0.6) is 0 Å². The van der Waals surface area contributed by atoms with Crippen LogP contribution in [0.25, 0.3) is 0 Å². The molecule has 1 aromatic carbocycles. The van der Waals surface area contributed by atoms with E-state index in [0.29, 0.717) is 0 Å². The van der Waals surface area contributed by atoms with Crippen molar-refractivity contribution in [1.29, 1.82) is 0 Å². The van der Waals surface area contributed by atoms with Crippen LogP contribution >= 0.6 is 0 Å². The van der Waals surface area contributed by atoms with Crippen molar-refractivity contribution < 1.29 is 21.6 Å². The van der Waals surface area contributed by atoms with Crippen LogP contribution in [-0.2, 0) is 22.7 Å². The Morgan fingerprint density at radius 3 is 2.35 bits per heavy atom. The van der Waals surface area contributed by atoms with Gasteiger partial charge in [-0.1, -0.05) is 6.07 Å². The number of benzene rings is 1. The minimum Gasteiger partial charge on any atom is -0.326 e. The molecule has 0 heterocycles. The molecule has 17 heavy (non-hydrogen) atoms. The summed E-state index contributed by atoms with van der Waals surface area (Å²) < 4.78 is 61.6. The van der Waals surface area contributed by atoms with E-state index in [1.165, 1.54) is 6.07 Å². The molecule has 1 rings (SSSR count). The van der Waals surface area contributed by atoms with Crippen LogP contribution in [0.15, 0.2) is 18.2 Å². The first kappa shape index (κ1) is 13.8. The number of rotatable bonds is 3. The van der Waals surface area contributed by atoms with Gasteiger partial charge in [0.25, 0.3) is 0 Å². The maximum atomic E-state index is 12.6. The van der Waals surface area contributed by atoms with E-state index in [-0.39, 0.29) is 17.8 Å². The zero-order chi connectivity index (χ0) is 13.3. The molecule has 0 amide bonds.